The van der Waals surface area contributed by atoms with Gasteiger partial charge in [0, 0.05) is 24.6 Å². The normalized spacial score (nSPS) is 17.8. The van der Waals surface area contributed by atoms with E-state index in [4.69, 9.17) is 4.98 Å². The molecular weight excluding hydrogens is 322 g/mol. The molecule has 0 bridgehead atoms. The van der Waals surface area contributed by atoms with Gasteiger partial charge in [-0.15, -0.1) is 0 Å². The van der Waals surface area contributed by atoms with E-state index in [-0.39, 0.29) is 5.78 Å². The number of benzene rings is 2. The van der Waals surface area contributed by atoms with Gasteiger partial charge in [0.15, 0.2) is 5.78 Å². The first-order valence-electron chi connectivity index (χ1n) is 9.44. The number of nitrogens with one attached hydrogen (secondary N) is 1. The first-order valence-corrected chi connectivity index (χ1v) is 9.44. The van der Waals surface area contributed by atoms with Crippen molar-refractivity contribution in [3.63, 3.8) is 0 Å². The van der Waals surface area contributed by atoms with Crippen molar-refractivity contribution < 1.29 is 4.79 Å². The number of Topliss-reactive ketones (excluding diaryl/α,β-unsaturated/α-hetero) is 1. The molecule has 0 amide bonds. The van der Waals surface area contributed by atoms with Crippen LogP contribution in [0.15, 0.2) is 42.5 Å². The van der Waals surface area contributed by atoms with Gasteiger partial charge in [0.1, 0.15) is 5.82 Å². The minimum Gasteiger partial charge on any atom is -0.342 e. The molecule has 1 aliphatic rings. The zero-order chi connectivity index (χ0) is 18.1. The molecule has 2 heterocycles. The maximum atomic E-state index is 11.4. The van der Waals surface area contributed by atoms with E-state index < -0.39 is 0 Å². The fourth-order valence-corrected chi connectivity index (χ4v) is 3.83. The Morgan fingerprint density at radius 2 is 1.96 bits per heavy atom. The lowest BCUT2D eigenvalue weighted by Gasteiger charge is -2.19. The highest BCUT2D eigenvalue weighted by Gasteiger charge is 2.19. The lowest BCUT2D eigenvalue weighted by molar-refractivity contribution is 0.101. The van der Waals surface area contributed by atoms with Crippen LogP contribution < -0.4 is 0 Å². The molecule has 0 radical (unpaired) electrons. The number of likely N-dealkylation sites (tertiary alicyclic amines) is 1. The standard InChI is InChI=1S/C22H25N3O/c1-15-4-3-12-25(15)13-11-22-23-20-10-9-19(14-21(20)24-22)18-7-5-17(6-8-18)16(2)26/h5-10,14-15H,3-4,11-13H2,1-2H3,(H,23,24)/t15-/m1/s1. The number of rotatable bonds is 5. The summed E-state index contributed by atoms with van der Waals surface area (Å²) in [5.41, 5.74) is 5.06. The van der Waals surface area contributed by atoms with Crippen molar-refractivity contribution in [3.8, 4) is 11.1 Å². The van der Waals surface area contributed by atoms with E-state index in [1.54, 1.807) is 6.92 Å². The van der Waals surface area contributed by atoms with Crippen LogP contribution in [0, 0.1) is 0 Å². The summed E-state index contributed by atoms with van der Waals surface area (Å²) in [6.45, 7) is 6.19. The van der Waals surface area contributed by atoms with Crippen molar-refractivity contribution in [2.75, 3.05) is 13.1 Å². The summed E-state index contributed by atoms with van der Waals surface area (Å²) >= 11 is 0. The number of aromatic amines is 1. The summed E-state index contributed by atoms with van der Waals surface area (Å²) in [5.74, 6) is 1.15. The number of imidazole rings is 1. The maximum absolute atomic E-state index is 11.4. The molecule has 4 heteroatoms. The largest absolute Gasteiger partial charge is 0.342 e. The Labute approximate surface area is 154 Å². The molecule has 2 aromatic carbocycles. The number of fused-ring (bicyclic) bond motifs is 1. The van der Waals surface area contributed by atoms with Crippen molar-refractivity contribution in [1.29, 1.82) is 0 Å². The van der Waals surface area contributed by atoms with Crippen LogP contribution in [0.2, 0.25) is 0 Å². The van der Waals surface area contributed by atoms with Gasteiger partial charge < -0.3 is 9.88 Å². The molecule has 0 unspecified atom stereocenters. The average molecular weight is 347 g/mol. The number of carbonyl (C=O) groups is 1. The Bertz CT molecular complexity index is 926. The zero-order valence-corrected chi connectivity index (χ0v) is 15.5. The van der Waals surface area contributed by atoms with Gasteiger partial charge >= 0.3 is 0 Å². The number of nitrogens with zero attached hydrogens (tertiary/aromatic N) is 2. The molecule has 134 valence electrons. The fraction of sp³-hybridized carbons (Fsp3) is 0.364. The van der Waals surface area contributed by atoms with Crippen LogP contribution in [0.4, 0.5) is 0 Å². The second-order valence-electron chi connectivity index (χ2n) is 7.33. The van der Waals surface area contributed by atoms with E-state index >= 15 is 0 Å². The smallest absolute Gasteiger partial charge is 0.159 e. The van der Waals surface area contributed by atoms with Gasteiger partial charge in [-0.1, -0.05) is 30.3 Å². The van der Waals surface area contributed by atoms with Gasteiger partial charge in [-0.25, -0.2) is 4.98 Å². The molecule has 1 fully saturated rings. The molecular formula is C22H25N3O. The molecule has 1 aliphatic heterocycles. The topological polar surface area (TPSA) is 49.0 Å². The SMILES string of the molecule is CC(=O)c1ccc(-c2ccc3[nH]c(CCN4CCC[C@H]4C)nc3c2)cc1. The monoisotopic (exact) mass is 347 g/mol. The Balaban J connectivity index is 1.52. The van der Waals surface area contributed by atoms with E-state index in [9.17, 15) is 4.79 Å². The quantitative estimate of drug-likeness (QED) is 0.693. The van der Waals surface area contributed by atoms with Crippen LogP contribution in [0.1, 0.15) is 42.9 Å². The number of hydrogen-bond donors (Lipinski definition) is 1. The van der Waals surface area contributed by atoms with E-state index in [2.05, 4.69) is 35.0 Å². The summed E-state index contributed by atoms with van der Waals surface area (Å²) in [6, 6.07) is 14.8. The van der Waals surface area contributed by atoms with Crippen LogP contribution in [0.25, 0.3) is 22.2 Å². The summed E-state index contributed by atoms with van der Waals surface area (Å²) in [7, 11) is 0. The molecule has 26 heavy (non-hydrogen) atoms. The highest BCUT2D eigenvalue weighted by Crippen LogP contribution is 2.24. The molecule has 0 saturated carbocycles. The second-order valence-corrected chi connectivity index (χ2v) is 7.33. The minimum atomic E-state index is 0.0938. The molecule has 0 aliphatic carbocycles. The molecule has 4 rings (SSSR count). The predicted molar refractivity (Wildman–Crippen MR) is 106 cm³/mol. The summed E-state index contributed by atoms with van der Waals surface area (Å²) in [5, 5.41) is 0. The third kappa shape index (κ3) is 3.42. The third-order valence-electron chi connectivity index (χ3n) is 5.48. The summed E-state index contributed by atoms with van der Waals surface area (Å²) in [6.07, 6.45) is 3.58. The number of hydrogen-bond acceptors (Lipinski definition) is 3. The summed E-state index contributed by atoms with van der Waals surface area (Å²) in [4.78, 5) is 22.2. The molecule has 1 N–H and O–H groups in total. The van der Waals surface area contributed by atoms with Crippen molar-refractivity contribution in [2.24, 2.45) is 0 Å². The van der Waals surface area contributed by atoms with E-state index in [1.807, 2.05) is 24.3 Å². The lowest BCUT2D eigenvalue weighted by atomic mass is 10.0. The number of H-pyrrole nitrogens is 1. The maximum Gasteiger partial charge on any atom is 0.159 e. The highest BCUT2D eigenvalue weighted by atomic mass is 16.1. The van der Waals surface area contributed by atoms with Gasteiger partial charge in [-0.05, 0) is 56.5 Å². The first kappa shape index (κ1) is 17.0. The Kier molecular flexibility index (Phi) is 4.60. The minimum absolute atomic E-state index is 0.0938. The number of ketones is 1. The van der Waals surface area contributed by atoms with Gasteiger partial charge in [0.2, 0.25) is 0 Å². The van der Waals surface area contributed by atoms with Crippen LogP contribution in [-0.4, -0.2) is 39.8 Å². The highest BCUT2D eigenvalue weighted by molar-refractivity contribution is 5.94. The van der Waals surface area contributed by atoms with E-state index in [1.165, 1.54) is 19.4 Å². The van der Waals surface area contributed by atoms with Crippen LogP contribution in [-0.2, 0) is 6.42 Å². The molecule has 1 aromatic heterocycles. The fourth-order valence-electron chi connectivity index (χ4n) is 3.83. The second kappa shape index (κ2) is 7.04. The number of carbonyl (C=O) groups excluding carboxylic acids is 1. The molecule has 0 spiro atoms. The Hall–Kier alpha value is -2.46. The van der Waals surface area contributed by atoms with E-state index in [0.717, 1.165) is 46.5 Å². The van der Waals surface area contributed by atoms with Crippen LogP contribution >= 0.6 is 0 Å². The van der Waals surface area contributed by atoms with Gasteiger partial charge in [0.25, 0.3) is 0 Å². The first-order chi connectivity index (χ1) is 12.6. The van der Waals surface area contributed by atoms with Crippen LogP contribution in [0.5, 0.6) is 0 Å². The molecule has 4 nitrogen and oxygen atoms in total. The molecule has 3 aromatic rings. The number of aromatic nitrogens is 2. The van der Waals surface area contributed by atoms with Crippen molar-refractivity contribution >= 4 is 16.8 Å². The van der Waals surface area contributed by atoms with Gasteiger partial charge in [-0.3, -0.25) is 4.79 Å². The Morgan fingerprint density at radius 3 is 2.65 bits per heavy atom. The van der Waals surface area contributed by atoms with Crippen LogP contribution in [0.3, 0.4) is 0 Å². The van der Waals surface area contributed by atoms with E-state index in [0.29, 0.717) is 6.04 Å². The van der Waals surface area contributed by atoms with Crippen molar-refractivity contribution in [3.05, 3.63) is 53.9 Å². The van der Waals surface area contributed by atoms with Crippen molar-refractivity contribution in [1.82, 2.24) is 14.9 Å². The van der Waals surface area contributed by atoms with Gasteiger partial charge in [-0.2, -0.15) is 0 Å². The average Bonchev–Trinajstić information content (AvgIpc) is 3.24. The summed E-state index contributed by atoms with van der Waals surface area (Å²) < 4.78 is 0. The lowest BCUT2D eigenvalue weighted by Crippen LogP contribution is -2.29. The molecule has 1 saturated heterocycles. The predicted octanol–water partition coefficient (Wildman–Crippen LogP) is 4.46. The van der Waals surface area contributed by atoms with Crippen molar-refractivity contribution in [2.45, 2.75) is 39.2 Å². The third-order valence-corrected chi connectivity index (χ3v) is 5.48. The zero-order valence-electron chi connectivity index (χ0n) is 15.5. The Morgan fingerprint density at radius 1 is 1.19 bits per heavy atom. The van der Waals surface area contributed by atoms with Gasteiger partial charge in [0.05, 0.1) is 11.0 Å². The molecule has 1 atom stereocenters.